The summed E-state index contributed by atoms with van der Waals surface area (Å²) in [7, 11) is 0. The third kappa shape index (κ3) is 4.14. The molecule has 1 rings (SSSR count). The van der Waals surface area contributed by atoms with Gasteiger partial charge in [0.1, 0.15) is 0 Å². The molecule has 0 saturated heterocycles. The van der Waals surface area contributed by atoms with Crippen molar-refractivity contribution < 1.29 is 13.2 Å². The molecule has 0 N–H and O–H groups in total. The van der Waals surface area contributed by atoms with Crippen LogP contribution >= 0.6 is 15.9 Å². The van der Waals surface area contributed by atoms with E-state index in [1.807, 2.05) is 19.9 Å². The van der Waals surface area contributed by atoms with Gasteiger partial charge in [0.2, 0.25) is 0 Å². The molecule has 1 aromatic rings. The predicted molar refractivity (Wildman–Crippen MR) is 76.8 cm³/mol. The van der Waals surface area contributed by atoms with Gasteiger partial charge in [0, 0.05) is 23.6 Å². The minimum Gasteiger partial charge on any atom is -0.368 e. The van der Waals surface area contributed by atoms with Gasteiger partial charge >= 0.3 is 6.18 Å². The van der Waals surface area contributed by atoms with E-state index in [0.717, 1.165) is 6.07 Å². The summed E-state index contributed by atoms with van der Waals surface area (Å²) in [6, 6.07) is 6.17. The summed E-state index contributed by atoms with van der Waals surface area (Å²) in [5, 5.41) is 9.02. The van der Waals surface area contributed by atoms with Gasteiger partial charge in [-0.25, -0.2) is 0 Å². The molecule has 0 aliphatic rings. The average molecular weight is 349 g/mol. The first-order chi connectivity index (χ1) is 9.31. The first-order valence-corrected chi connectivity index (χ1v) is 7.33. The van der Waals surface area contributed by atoms with Crippen molar-refractivity contribution >= 4 is 21.6 Å². The zero-order valence-corrected chi connectivity index (χ0v) is 12.9. The molecule has 0 amide bonds. The molecule has 0 saturated carbocycles. The lowest BCUT2D eigenvalue weighted by Gasteiger charge is -2.31. The lowest BCUT2D eigenvalue weighted by Crippen LogP contribution is -2.33. The Hall–Kier alpha value is -1.22. The van der Waals surface area contributed by atoms with Crippen LogP contribution in [0.15, 0.2) is 18.2 Å². The minimum absolute atomic E-state index is 0.112. The summed E-state index contributed by atoms with van der Waals surface area (Å²) in [4.78, 5) is 1.62. The van der Waals surface area contributed by atoms with Crippen LogP contribution < -0.4 is 4.90 Å². The Morgan fingerprint density at radius 1 is 1.35 bits per heavy atom. The number of halogens is 4. The summed E-state index contributed by atoms with van der Waals surface area (Å²) in [6.07, 6.45) is -4.22. The second-order valence-corrected chi connectivity index (χ2v) is 5.24. The third-order valence-corrected chi connectivity index (χ3v) is 3.57. The maximum atomic E-state index is 13.2. The molecule has 20 heavy (non-hydrogen) atoms. The fourth-order valence-electron chi connectivity index (χ4n) is 1.97. The minimum atomic E-state index is -4.41. The third-order valence-electron chi connectivity index (χ3n) is 2.92. The number of anilines is 1. The Kier molecular flexibility index (Phi) is 5.88. The number of nitriles is 1. The van der Waals surface area contributed by atoms with Gasteiger partial charge in [-0.15, -0.1) is 0 Å². The molecular weight excluding hydrogens is 333 g/mol. The highest BCUT2D eigenvalue weighted by molar-refractivity contribution is 9.08. The molecular formula is C14H16BrF3N2. The van der Waals surface area contributed by atoms with Crippen LogP contribution in [0.2, 0.25) is 0 Å². The van der Waals surface area contributed by atoms with Gasteiger partial charge in [0.15, 0.2) is 0 Å². The molecule has 0 heterocycles. The SMILES string of the molecule is CC(C)N(CCC#N)c1ccc(CBr)cc1C(F)(F)F. The van der Waals surface area contributed by atoms with E-state index in [-0.39, 0.29) is 24.7 Å². The van der Waals surface area contributed by atoms with Crippen molar-refractivity contribution in [2.75, 3.05) is 11.4 Å². The van der Waals surface area contributed by atoms with Gasteiger partial charge in [-0.05, 0) is 31.5 Å². The number of rotatable bonds is 5. The summed E-state index contributed by atoms with van der Waals surface area (Å²) < 4.78 is 39.6. The average Bonchev–Trinajstić information content (AvgIpc) is 2.37. The lowest BCUT2D eigenvalue weighted by atomic mass is 10.1. The molecule has 6 heteroatoms. The molecule has 0 atom stereocenters. The van der Waals surface area contributed by atoms with E-state index in [1.165, 1.54) is 6.07 Å². The molecule has 110 valence electrons. The van der Waals surface area contributed by atoms with Crippen LogP contribution in [0.1, 0.15) is 31.4 Å². The lowest BCUT2D eigenvalue weighted by molar-refractivity contribution is -0.137. The van der Waals surface area contributed by atoms with Crippen molar-refractivity contribution in [3.63, 3.8) is 0 Å². The van der Waals surface area contributed by atoms with Crippen molar-refractivity contribution in [3.05, 3.63) is 29.3 Å². The standard InChI is InChI=1S/C14H16BrF3N2/c1-10(2)20(7-3-6-19)13-5-4-11(9-15)8-12(13)14(16,17)18/h4-5,8,10H,3,7,9H2,1-2H3. The summed E-state index contributed by atoms with van der Waals surface area (Å²) >= 11 is 3.17. The summed E-state index contributed by atoms with van der Waals surface area (Å²) in [5.41, 5.74) is 0.0543. The maximum Gasteiger partial charge on any atom is 0.418 e. The van der Waals surface area contributed by atoms with Crippen LogP contribution in [0.4, 0.5) is 18.9 Å². The van der Waals surface area contributed by atoms with Crippen LogP contribution in [0.25, 0.3) is 0 Å². The van der Waals surface area contributed by atoms with E-state index in [9.17, 15) is 13.2 Å². The Morgan fingerprint density at radius 2 is 2.00 bits per heavy atom. The van der Waals surface area contributed by atoms with Crippen molar-refractivity contribution in [1.29, 1.82) is 5.26 Å². The molecule has 0 bridgehead atoms. The van der Waals surface area contributed by atoms with Crippen LogP contribution in [0, 0.1) is 11.3 Å². The molecule has 2 nitrogen and oxygen atoms in total. The first kappa shape index (κ1) is 16.8. The van der Waals surface area contributed by atoms with Crippen molar-refractivity contribution in [1.82, 2.24) is 0 Å². The van der Waals surface area contributed by atoms with Crippen LogP contribution in [-0.4, -0.2) is 12.6 Å². The number of benzene rings is 1. The van der Waals surface area contributed by atoms with Crippen LogP contribution in [0.5, 0.6) is 0 Å². The molecule has 0 spiro atoms. The molecule has 0 aliphatic carbocycles. The highest BCUT2D eigenvalue weighted by Crippen LogP contribution is 2.38. The van der Waals surface area contributed by atoms with E-state index in [4.69, 9.17) is 5.26 Å². The number of alkyl halides is 4. The predicted octanol–water partition coefficient (Wildman–Crippen LogP) is 4.73. The largest absolute Gasteiger partial charge is 0.418 e. The molecule has 0 aliphatic heterocycles. The van der Waals surface area contributed by atoms with Crippen molar-refractivity contribution in [2.24, 2.45) is 0 Å². The van der Waals surface area contributed by atoms with Gasteiger partial charge in [-0.1, -0.05) is 22.0 Å². The van der Waals surface area contributed by atoms with Crippen molar-refractivity contribution in [3.8, 4) is 6.07 Å². The van der Waals surface area contributed by atoms with Gasteiger partial charge < -0.3 is 4.90 Å². The fraction of sp³-hybridized carbons (Fsp3) is 0.500. The zero-order valence-electron chi connectivity index (χ0n) is 11.3. The van der Waals surface area contributed by atoms with Gasteiger partial charge in [-0.2, -0.15) is 18.4 Å². The fourth-order valence-corrected chi connectivity index (χ4v) is 2.32. The van der Waals surface area contributed by atoms with Crippen LogP contribution in [0.3, 0.4) is 0 Å². The van der Waals surface area contributed by atoms with E-state index < -0.39 is 11.7 Å². The Morgan fingerprint density at radius 3 is 2.45 bits per heavy atom. The number of hydrogen-bond acceptors (Lipinski definition) is 2. The first-order valence-electron chi connectivity index (χ1n) is 6.21. The zero-order chi connectivity index (χ0) is 15.3. The van der Waals surface area contributed by atoms with Crippen molar-refractivity contribution in [2.45, 2.75) is 37.8 Å². The highest BCUT2D eigenvalue weighted by atomic mass is 79.9. The Bertz CT molecular complexity index is 492. The van der Waals surface area contributed by atoms with E-state index in [2.05, 4.69) is 15.9 Å². The van der Waals surface area contributed by atoms with E-state index in [0.29, 0.717) is 10.9 Å². The summed E-state index contributed by atoms with van der Waals surface area (Å²) in [5.74, 6) is 0. The number of hydrogen-bond donors (Lipinski definition) is 0. The smallest absolute Gasteiger partial charge is 0.368 e. The van der Waals surface area contributed by atoms with E-state index >= 15 is 0 Å². The van der Waals surface area contributed by atoms with Gasteiger partial charge in [-0.3, -0.25) is 0 Å². The number of nitrogens with zero attached hydrogens (tertiary/aromatic N) is 2. The molecule has 0 unspecified atom stereocenters. The molecule has 1 aromatic carbocycles. The Balaban J connectivity index is 3.30. The highest BCUT2D eigenvalue weighted by Gasteiger charge is 2.35. The normalized spacial score (nSPS) is 11.5. The quantitative estimate of drug-likeness (QED) is 0.719. The maximum absolute atomic E-state index is 13.2. The second-order valence-electron chi connectivity index (χ2n) is 4.68. The summed E-state index contributed by atoms with van der Waals surface area (Å²) in [6.45, 7) is 3.91. The van der Waals surface area contributed by atoms with Crippen LogP contribution in [-0.2, 0) is 11.5 Å². The monoisotopic (exact) mass is 348 g/mol. The van der Waals surface area contributed by atoms with Gasteiger partial charge in [0.05, 0.1) is 18.1 Å². The Labute approximate surface area is 125 Å². The molecule has 0 aromatic heterocycles. The molecule has 0 radical (unpaired) electrons. The van der Waals surface area contributed by atoms with Gasteiger partial charge in [0.25, 0.3) is 0 Å². The second kappa shape index (κ2) is 6.98. The van der Waals surface area contributed by atoms with E-state index in [1.54, 1.807) is 11.0 Å². The molecule has 0 fully saturated rings. The topological polar surface area (TPSA) is 27.0 Å².